The fourth-order valence-corrected chi connectivity index (χ4v) is 2.82. The van der Waals surface area contributed by atoms with E-state index in [1.807, 2.05) is 36.4 Å². The number of carbonyl (C=O) groups excluding carboxylic acids is 1. The molecule has 0 aliphatic heterocycles. The summed E-state index contributed by atoms with van der Waals surface area (Å²) >= 11 is 0. The van der Waals surface area contributed by atoms with Gasteiger partial charge in [0.1, 0.15) is 11.5 Å². The van der Waals surface area contributed by atoms with Gasteiger partial charge in [0.15, 0.2) is 0 Å². The van der Waals surface area contributed by atoms with Crippen molar-refractivity contribution < 1.29 is 14.3 Å². The van der Waals surface area contributed by atoms with E-state index < -0.39 is 0 Å². The normalized spacial score (nSPS) is 10.2. The summed E-state index contributed by atoms with van der Waals surface area (Å²) in [5.74, 6) is 0.915. The molecule has 0 radical (unpaired) electrons. The third-order valence-corrected chi connectivity index (χ3v) is 4.50. The Morgan fingerprint density at radius 2 is 1.46 bits per heavy atom. The number of carbonyl (C=O) groups is 1. The summed E-state index contributed by atoms with van der Waals surface area (Å²) in [6, 6.07) is 21.0. The highest BCUT2D eigenvalue weighted by Crippen LogP contribution is 2.23. The molecule has 144 valence electrons. The van der Waals surface area contributed by atoms with E-state index >= 15 is 0 Å². The number of benzene rings is 3. The molecule has 0 atom stereocenters. The maximum absolute atomic E-state index is 12.5. The van der Waals surface area contributed by atoms with E-state index in [-0.39, 0.29) is 5.91 Å². The minimum absolute atomic E-state index is 0.224. The summed E-state index contributed by atoms with van der Waals surface area (Å²) in [7, 11) is 3.11. The van der Waals surface area contributed by atoms with E-state index in [0.29, 0.717) is 22.7 Å². The predicted molar refractivity (Wildman–Crippen MR) is 112 cm³/mol. The van der Waals surface area contributed by atoms with Crippen LogP contribution in [0.3, 0.4) is 0 Å². The lowest BCUT2D eigenvalue weighted by atomic mass is 10.1. The van der Waals surface area contributed by atoms with Gasteiger partial charge in [-0.2, -0.15) is 0 Å². The molecule has 0 bridgehead atoms. The molecule has 0 heterocycles. The quantitative estimate of drug-likeness (QED) is 0.617. The standard InChI is InChI=1S/C23H24N2O3/c1-16-6-4-5-7-17(16)15-24-19-8-10-20(11-9-19)25-23(26)18-12-21(27-2)14-22(13-18)28-3/h4-14,24H,15H2,1-3H3,(H,25,26). The SMILES string of the molecule is COc1cc(OC)cc(C(=O)Nc2ccc(NCc3ccccc3C)cc2)c1. The molecule has 0 unspecified atom stereocenters. The third kappa shape index (κ3) is 4.82. The Balaban J connectivity index is 1.64. The first-order valence-corrected chi connectivity index (χ1v) is 9.02. The van der Waals surface area contributed by atoms with Crippen LogP contribution >= 0.6 is 0 Å². The van der Waals surface area contributed by atoms with Gasteiger partial charge in [-0.1, -0.05) is 24.3 Å². The van der Waals surface area contributed by atoms with Gasteiger partial charge in [0.25, 0.3) is 5.91 Å². The first-order chi connectivity index (χ1) is 13.6. The molecular formula is C23H24N2O3. The van der Waals surface area contributed by atoms with Gasteiger partial charge >= 0.3 is 0 Å². The van der Waals surface area contributed by atoms with Crippen molar-refractivity contribution in [3.05, 3.63) is 83.4 Å². The summed E-state index contributed by atoms with van der Waals surface area (Å²) in [5.41, 5.74) is 4.69. The second kappa shape index (κ2) is 8.95. The Labute approximate surface area is 165 Å². The van der Waals surface area contributed by atoms with Crippen molar-refractivity contribution >= 4 is 17.3 Å². The first-order valence-electron chi connectivity index (χ1n) is 9.02. The van der Waals surface area contributed by atoms with Crippen LogP contribution in [0.4, 0.5) is 11.4 Å². The fourth-order valence-electron chi connectivity index (χ4n) is 2.82. The summed E-state index contributed by atoms with van der Waals surface area (Å²) in [6.45, 7) is 2.85. The van der Waals surface area contributed by atoms with Gasteiger partial charge < -0.3 is 20.1 Å². The lowest BCUT2D eigenvalue weighted by Gasteiger charge is -2.11. The zero-order valence-electron chi connectivity index (χ0n) is 16.3. The van der Waals surface area contributed by atoms with Crippen LogP contribution in [-0.4, -0.2) is 20.1 Å². The Kier molecular flexibility index (Phi) is 6.17. The van der Waals surface area contributed by atoms with Crippen molar-refractivity contribution in [2.24, 2.45) is 0 Å². The van der Waals surface area contributed by atoms with Crippen molar-refractivity contribution in [2.45, 2.75) is 13.5 Å². The Hall–Kier alpha value is -3.47. The summed E-state index contributed by atoms with van der Waals surface area (Å²) in [6.07, 6.45) is 0. The van der Waals surface area contributed by atoms with Gasteiger partial charge in [0, 0.05) is 29.5 Å². The molecule has 3 aromatic carbocycles. The van der Waals surface area contributed by atoms with E-state index in [4.69, 9.17) is 9.47 Å². The molecule has 0 saturated heterocycles. The number of nitrogens with one attached hydrogen (secondary N) is 2. The van der Waals surface area contributed by atoms with E-state index in [1.165, 1.54) is 11.1 Å². The molecule has 0 saturated carbocycles. The Morgan fingerprint density at radius 3 is 2.07 bits per heavy atom. The first kappa shape index (κ1) is 19.3. The van der Waals surface area contributed by atoms with Crippen LogP contribution in [0.5, 0.6) is 11.5 Å². The number of amides is 1. The molecule has 0 spiro atoms. The second-order valence-electron chi connectivity index (χ2n) is 6.41. The highest BCUT2D eigenvalue weighted by molar-refractivity contribution is 6.04. The van der Waals surface area contributed by atoms with Gasteiger partial charge in [0.05, 0.1) is 14.2 Å². The number of rotatable bonds is 7. The molecule has 1 amide bonds. The van der Waals surface area contributed by atoms with Gasteiger partial charge in [-0.25, -0.2) is 0 Å². The monoisotopic (exact) mass is 376 g/mol. The molecule has 28 heavy (non-hydrogen) atoms. The topological polar surface area (TPSA) is 59.6 Å². The third-order valence-electron chi connectivity index (χ3n) is 4.50. The number of aryl methyl sites for hydroxylation is 1. The van der Waals surface area contributed by atoms with Crippen molar-refractivity contribution in [3.63, 3.8) is 0 Å². The lowest BCUT2D eigenvalue weighted by Crippen LogP contribution is -2.12. The molecule has 3 rings (SSSR count). The van der Waals surface area contributed by atoms with Gasteiger partial charge in [-0.3, -0.25) is 4.79 Å². The fraction of sp³-hybridized carbons (Fsp3) is 0.174. The average molecular weight is 376 g/mol. The van der Waals surface area contributed by atoms with Crippen LogP contribution in [0.1, 0.15) is 21.5 Å². The van der Waals surface area contributed by atoms with Crippen molar-refractivity contribution in [3.8, 4) is 11.5 Å². The molecule has 0 aliphatic rings. The number of ether oxygens (including phenoxy) is 2. The van der Waals surface area contributed by atoms with Crippen LogP contribution in [0.2, 0.25) is 0 Å². The van der Waals surface area contributed by atoms with Gasteiger partial charge in [-0.15, -0.1) is 0 Å². The predicted octanol–water partition coefficient (Wildman–Crippen LogP) is 4.88. The van der Waals surface area contributed by atoms with Crippen molar-refractivity contribution in [1.82, 2.24) is 0 Å². The Morgan fingerprint density at radius 1 is 0.857 bits per heavy atom. The molecule has 0 fully saturated rings. The minimum atomic E-state index is -0.224. The van der Waals surface area contributed by atoms with Gasteiger partial charge in [-0.05, 0) is 54.4 Å². The van der Waals surface area contributed by atoms with Crippen molar-refractivity contribution in [1.29, 1.82) is 0 Å². The molecule has 3 aromatic rings. The highest BCUT2D eigenvalue weighted by Gasteiger charge is 2.10. The van der Waals surface area contributed by atoms with Crippen LogP contribution in [-0.2, 0) is 6.54 Å². The second-order valence-corrected chi connectivity index (χ2v) is 6.41. The Bertz CT molecular complexity index is 930. The average Bonchev–Trinajstić information content (AvgIpc) is 2.73. The van der Waals surface area contributed by atoms with E-state index in [1.54, 1.807) is 32.4 Å². The number of hydrogen-bond donors (Lipinski definition) is 2. The zero-order chi connectivity index (χ0) is 19.9. The zero-order valence-corrected chi connectivity index (χ0v) is 16.3. The molecule has 5 heteroatoms. The molecule has 2 N–H and O–H groups in total. The molecule has 0 aliphatic carbocycles. The van der Waals surface area contributed by atoms with E-state index in [0.717, 1.165) is 12.2 Å². The number of anilines is 2. The smallest absolute Gasteiger partial charge is 0.255 e. The molecule has 5 nitrogen and oxygen atoms in total. The van der Waals surface area contributed by atoms with E-state index in [2.05, 4.69) is 29.7 Å². The van der Waals surface area contributed by atoms with Gasteiger partial charge in [0.2, 0.25) is 0 Å². The largest absolute Gasteiger partial charge is 0.497 e. The summed E-state index contributed by atoms with van der Waals surface area (Å²) < 4.78 is 10.4. The maximum Gasteiger partial charge on any atom is 0.255 e. The minimum Gasteiger partial charge on any atom is -0.497 e. The van der Waals surface area contributed by atoms with Crippen LogP contribution in [0.25, 0.3) is 0 Å². The number of hydrogen-bond acceptors (Lipinski definition) is 4. The molecular weight excluding hydrogens is 352 g/mol. The van der Waals surface area contributed by atoms with Crippen LogP contribution in [0.15, 0.2) is 66.7 Å². The van der Waals surface area contributed by atoms with E-state index in [9.17, 15) is 4.79 Å². The molecule has 0 aromatic heterocycles. The highest BCUT2D eigenvalue weighted by atomic mass is 16.5. The maximum atomic E-state index is 12.5. The lowest BCUT2D eigenvalue weighted by molar-refractivity contribution is 0.102. The summed E-state index contributed by atoms with van der Waals surface area (Å²) in [4.78, 5) is 12.5. The number of methoxy groups -OCH3 is 2. The van der Waals surface area contributed by atoms with Crippen LogP contribution < -0.4 is 20.1 Å². The summed E-state index contributed by atoms with van der Waals surface area (Å²) in [5, 5.41) is 6.29. The van der Waals surface area contributed by atoms with Crippen molar-refractivity contribution in [2.75, 3.05) is 24.9 Å². The van der Waals surface area contributed by atoms with Crippen LogP contribution in [0, 0.1) is 6.92 Å².